The third-order valence-corrected chi connectivity index (χ3v) is 7.69. The molecular weight excluding hydrogens is 460 g/mol. The van der Waals surface area contributed by atoms with Gasteiger partial charge in [0.2, 0.25) is 0 Å². The predicted molar refractivity (Wildman–Crippen MR) is 151 cm³/mol. The van der Waals surface area contributed by atoms with Gasteiger partial charge in [-0.3, -0.25) is 4.79 Å². The maximum Gasteiger partial charge on any atom is 0.293 e. The summed E-state index contributed by atoms with van der Waals surface area (Å²) in [6.07, 6.45) is 1.44. The highest BCUT2D eigenvalue weighted by Gasteiger charge is 2.31. The molecule has 4 nitrogen and oxygen atoms in total. The lowest BCUT2D eigenvalue weighted by Crippen LogP contribution is -2.32. The second-order valence-electron chi connectivity index (χ2n) is 11.1. The number of aliphatic hydroxyl groups excluding tert-OH is 1. The van der Waals surface area contributed by atoms with Gasteiger partial charge in [-0.25, -0.2) is 0 Å². The fourth-order valence-corrected chi connectivity index (χ4v) is 4.96. The van der Waals surface area contributed by atoms with Crippen LogP contribution < -0.4 is 4.74 Å². The number of carbonyl (C=O) groups excluding carboxylic acids is 1. The summed E-state index contributed by atoms with van der Waals surface area (Å²) < 4.78 is 10.9. The zero-order chi connectivity index (χ0) is 27.2. The number of hydrogen-bond donors (Lipinski definition) is 1. The Morgan fingerprint density at radius 3 is 1.97 bits per heavy atom. The van der Waals surface area contributed by atoms with Crippen LogP contribution in [0, 0.1) is 19.3 Å². The Hall–Kier alpha value is -3.11. The lowest BCUT2D eigenvalue weighted by Gasteiger charge is -2.34. The first-order chi connectivity index (χ1) is 17.6. The van der Waals surface area contributed by atoms with E-state index < -0.39 is 6.10 Å². The molecule has 0 saturated heterocycles. The molecule has 4 heteroatoms. The predicted octanol–water partition coefficient (Wildman–Crippen LogP) is 7.54. The van der Waals surface area contributed by atoms with Crippen molar-refractivity contribution in [3.05, 3.63) is 88.5 Å². The fraction of sp³-hybridized carbons (Fsp3) is 0.424. The minimum absolute atomic E-state index is 0.104. The Bertz CT molecular complexity index is 1180. The van der Waals surface area contributed by atoms with E-state index in [0.717, 1.165) is 35.3 Å². The van der Waals surface area contributed by atoms with Crippen molar-refractivity contribution in [1.29, 1.82) is 0 Å². The van der Waals surface area contributed by atoms with Crippen molar-refractivity contribution in [3.8, 4) is 16.9 Å². The molecule has 0 aromatic heterocycles. The van der Waals surface area contributed by atoms with Crippen LogP contribution in [0.4, 0.5) is 0 Å². The molecule has 0 bridgehead atoms. The third kappa shape index (κ3) is 6.42. The summed E-state index contributed by atoms with van der Waals surface area (Å²) in [5.74, 6) is 0.821. The minimum Gasteiger partial charge on any atom is -0.491 e. The molecule has 0 radical (unpaired) electrons. The van der Waals surface area contributed by atoms with Gasteiger partial charge in [-0.05, 0) is 77.1 Å². The highest BCUT2D eigenvalue weighted by molar-refractivity contribution is 5.68. The molecule has 0 spiro atoms. The fourth-order valence-electron chi connectivity index (χ4n) is 4.96. The highest BCUT2D eigenvalue weighted by atomic mass is 16.5. The Balaban J connectivity index is 1.89. The van der Waals surface area contributed by atoms with Crippen LogP contribution >= 0.6 is 0 Å². The largest absolute Gasteiger partial charge is 0.491 e. The minimum atomic E-state index is -0.528. The highest BCUT2D eigenvalue weighted by Crippen LogP contribution is 2.41. The molecule has 1 atom stereocenters. The molecule has 0 fully saturated rings. The SMILES string of the molecule is CCC(CC)(c1ccc(OCC(O)C(C)(C)C)c(C)c1)c1ccc(-c2ccc(COC=O)cc2)c(C)c1. The zero-order valence-corrected chi connectivity index (χ0v) is 23.4. The third-order valence-electron chi connectivity index (χ3n) is 7.69. The molecule has 3 aromatic carbocycles. The van der Waals surface area contributed by atoms with Gasteiger partial charge in [-0.2, -0.15) is 0 Å². The molecular formula is C33H42O4. The summed E-state index contributed by atoms with van der Waals surface area (Å²) >= 11 is 0. The monoisotopic (exact) mass is 502 g/mol. The number of benzene rings is 3. The van der Waals surface area contributed by atoms with E-state index in [1.54, 1.807) is 0 Å². The molecule has 1 unspecified atom stereocenters. The summed E-state index contributed by atoms with van der Waals surface area (Å²) in [5.41, 5.74) is 7.90. The average Bonchev–Trinajstić information content (AvgIpc) is 2.88. The summed E-state index contributed by atoms with van der Waals surface area (Å²) in [6, 6.07) is 21.5. The van der Waals surface area contributed by atoms with Crippen molar-refractivity contribution >= 4 is 6.47 Å². The van der Waals surface area contributed by atoms with Gasteiger partial charge in [0.25, 0.3) is 6.47 Å². The lowest BCUT2D eigenvalue weighted by molar-refractivity contribution is -0.129. The Morgan fingerprint density at radius 1 is 0.865 bits per heavy atom. The smallest absolute Gasteiger partial charge is 0.293 e. The van der Waals surface area contributed by atoms with Crippen LogP contribution in [0.2, 0.25) is 0 Å². The van der Waals surface area contributed by atoms with Crippen molar-refractivity contribution in [1.82, 2.24) is 0 Å². The van der Waals surface area contributed by atoms with Gasteiger partial charge in [-0.15, -0.1) is 0 Å². The lowest BCUT2D eigenvalue weighted by atomic mass is 9.69. The van der Waals surface area contributed by atoms with E-state index in [2.05, 4.69) is 76.2 Å². The first-order valence-corrected chi connectivity index (χ1v) is 13.2. The van der Waals surface area contributed by atoms with Crippen LogP contribution in [0.5, 0.6) is 5.75 Å². The molecule has 37 heavy (non-hydrogen) atoms. The zero-order valence-electron chi connectivity index (χ0n) is 23.4. The maximum atomic E-state index is 10.5. The molecule has 0 heterocycles. The topological polar surface area (TPSA) is 55.8 Å². The van der Waals surface area contributed by atoms with Crippen LogP contribution in [0.3, 0.4) is 0 Å². The number of hydrogen-bond acceptors (Lipinski definition) is 4. The molecule has 1 N–H and O–H groups in total. The quantitative estimate of drug-likeness (QED) is 0.275. The molecule has 0 aliphatic heterocycles. The van der Waals surface area contributed by atoms with E-state index in [9.17, 15) is 9.90 Å². The van der Waals surface area contributed by atoms with E-state index in [1.807, 2.05) is 32.9 Å². The van der Waals surface area contributed by atoms with Crippen LogP contribution in [0.25, 0.3) is 11.1 Å². The molecule has 3 aromatic rings. The van der Waals surface area contributed by atoms with Gasteiger partial charge < -0.3 is 14.6 Å². The van der Waals surface area contributed by atoms with Gasteiger partial charge in [0.15, 0.2) is 0 Å². The standard InChI is InChI=1S/C33H42O4/c1-8-33(9-2,28-15-17-30(24(4)19-28)37-21-31(35)32(5,6)7)27-14-16-29(23(3)18-27)26-12-10-25(11-13-26)20-36-22-34/h10-19,22,31,35H,8-9,20-21H2,1-7H3. The van der Waals surface area contributed by atoms with Crippen LogP contribution in [0.1, 0.15) is 75.3 Å². The summed E-state index contributed by atoms with van der Waals surface area (Å²) in [6.45, 7) is 15.9. The number of rotatable bonds is 11. The Morgan fingerprint density at radius 2 is 1.46 bits per heavy atom. The number of carbonyl (C=O) groups is 1. The Kier molecular flexibility index (Phi) is 9.20. The van der Waals surface area contributed by atoms with Gasteiger partial charge in [-0.1, -0.05) is 89.2 Å². The van der Waals surface area contributed by atoms with Crippen LogP contribution in [-0.2, 0) is 21.6 Å². The van der Waals surface area contributed by atoms with E-state index in [4.69, 9.17) is 9.47 Å². The summed E-state index contributed by atoms with van der Waals surface area (Å²) in [5, 5.41) is 10.4. The number of aryl methyl sites for hydroxylation is 2. The van der Waals surface area contributed by atoms with Crippen molar-refractivity contribution < 1.29 is 19.4 Å². The van der Waals surface area contributed by atoms with E-state index in [0.29, 0.717) is 6.47 Å². The first kappa shape index (κ1) is 28.5. The van der Waals surface area contributed by atoms with Gasteiger partial charge in [0.1, 0.15) is 19.0 Å². The molecule has 0 aliphatic rings. The average molecular weight is 503 g/mol. The molecule has 0 amide bonds. The molecule has 0 saturated carbocycles. The molecule has 198 valence electrons. The Labute approximate surface area is 222 Å². The van der Waals surface area contributed by atoms with Gasteiger partial charge in [0.05, 0.1) is 6.10 Å². The van der Waals surface area contributed by atoms with E-state index >= 15 is 0 Å². The van der Waals surface area contributed by atoms with E-state index in [1.165, 1.54) is 22.3 Å². The first-order valence-electron chi connectivity index (χ1n) is 13.2. The van der Waals surface area contributed by atoms with Crippen LogP contribution in [-0.4, -0.2) is 24.3 Å². The van der Waals surface area contributed by atoms with Crippen LogP contribution in [0.15, 0.2) is 60.7 Å². The maximum absolute atomic E-state index is 10.5. The number of aliphatic hydroxyl groups is 1. The van der Waals surface area contributed by atoms with E-state index in [-0.39, 0.29) is 24.0 Å². The normalized spacial score (nSPS) is 12.8. The van der Waals surface area contributed by atoms with Crippen molar-refractivity contribution in [2.24, 2.45) is 5.41 Å². The van der Waals surface area contributed by atoms with Crippen molar-refractivity contribution in [2.75, 3.05) is 6.61 Å². The molecule has 0 aliphatic carbocycles. The molecule has 3 rings (SSSR count). The van der Waals surface area contributed by atoms with Crippen molar-refractivity contribution in [2.45, 2.75) is 79.4 Å². The second kappa shape index (κ2) is 12.0. The number of ether oxygens (including phenoxy) is 2. The van der Waals surface area contributed by atoms with Crippen molar-refractivity contribution in [3.63, 3.8) is 0 Å². The summed E-state index contributed by atoms with van der Waals surface area (Å²) in [7, 11) is 0. The van der Waals surface area contributed by atoms with Gasteiger partial charge >= 0.3 is 0 Å². The second-order valence-corrected chi connectivity index (χ2v) is 11.1. The van der Waals surface area contributed by atoms with Gasteiger partial charge in [0, 0.05) is 5.41 Å². The summed E-state index contributed by atoms with van der Waals surface area (Å²) in [4.78, 5) is 10.5.